The lowest BCUT2D eigenvalue weighted by molar-refractivity contribution is -0.145. The minimum absolute atomic E-state index is 0.142. The van der Waals surface area contributed by atoms with Gasteiger partial charge in [0, 0.05) is 25.0 Å². The third-order valence-corrected chi connectivity index (χ3v) is 4.03. The number of nitrogens with zero attached hydrogens (tertiary/aromatic N) is 1. The molecular weight excluding hydrogens is 270 g/mol. The van der Waals surface area contributed by atoms with Crippen LogP contribution in [0.5, 0.6) is 0 Å². The lowest BCUT2D eigenvalue weighted by Crippen LogP contribution is -2.40. The molecule has 2 aliphatic heterocycles. The highest BCUT2D eigenvalue weighted by atomic mass is 79.9. The van der Waals surface area contributed by atoms with Gasteiger partial charge in [-0.1, -0.05) is 15.9 Å². The Morgan fingerprint density at radius 3 is 2.94 bits per heavy atom. The van der Waals surface area contributed by atoms with Gasteiger partial charge < -0.3 is 9.64 Å². The van der Waals surface area contributed by atoms with Crippen molar-refractivity contribution in [3.05, 3.63) is 0 Å². The van der Waals surface area contributed by atoms with Crippen LogP contribution >= 0.6 is 15.9 Å². The molecule has 0 aromatic carbocycles. The van der Waals surface area contributed by atoms with Gasteiger partial charge in [0.25, 0.3) is 5.91 Å². The fourth-order valence-corrected chi connectivity index (χ4v) is 3.21. The Hall–Kier alpha value is -0.0900. The van der Waals surface area contributed by atoms with Crippen LogP contribution in [0.4, 0.5) is 0 Å². The number of carbonyl (C=O) groups excluding carboxylic acids is 1. The maximum atomic E-state index is 12.1. The van der Waals surface area contributed by atoms with Gasteiger partial charge in [-0.15, -0.1) is 0 Å². The van der Waals surface area contributed by atoms with Gasteiger partial charge in [-0.25, -0.2) is 0 Å². The molecule has 0 bridgehead atoms. The van der Waals surface area contributed by atoms with E-state index in [-0.39, 0.29) is 12.0 Å². The Morgan fingerprint density at radius 2 is 2.25 bits per heavy atom. The van der Waals surface area contributed by atoms with E-state index < -0.39 is 0 Å². The normalized spacial score (nSPS) is 30.7. The van der Waals surface area contributed by atoms with Crippen molar-refractivity contribution in [3.63, 3.8) is 0 Å². The number of ether oxygens (including phenoxy) is 1. The van der Waals surface area contributed by atoms with Crippen molar-refractivity contribution >= 4 is 21.8 Å². The fourth-order valence-electron chi connectivity index (χ4n) is 2.56. The minimum atomic E-state index is -0.142. The molecule has 0 aromatic heterocycles. The van der Waals surface area contributed by atoms with Gasteiger partial charge >= 0.3 is 0 Å². The van der Waals surface area contributed by atoms with Gasteiger partial charge in [0.05, 0.1) is 0 Å². The van der Waals surface area contributed by atoms with Crippen molar-refractivity contribution < 1.29 is 9.53 Å². The average molecular weight is 290 g/mol. The van der Waals surface area contributed by atoms with E-state index in [2.05, 4.69) is 15.9 Å². The summed E-state index contributed by atoms with van der Waals surface area (Å²) in [5.41, 5.74) is 0. The van der Waals surface area contributed by atoms with E-state index in [0.717, 1.165) is 50.7 Å². The highest BCUT2D eigenvalue weighted by Crippen LogP contribution is 2.23. The van der Waals surface area contributed by atoms with Crippen LogP contribution in [0.1, 0.15) is 32.1 Å². The SMILES string of the molecule is O=C(C1CCCCO1)N1CCC(CCBr)C1. The standard InChI is InChI=1S/C12H20BrNO2/c13-6-4-10-5-7-14(9-10)12(15)11-3-1-2-8-16-11/h10-11H,1-9H2. The van der Waals surface area contributed by atoms with E-state index in [4.69, 9.17) is 4.74 Å². The molecule has 2 heterocycles. The van der Waals surface area contributed by atoms with Crippen LogP contribution in [-0.2, 0) is 9.53 Å². The summed E-state index contributed by atoms with van der Waals surface area (Å²) in [6.07, 6.45) is 5.35. The zero-order valence-electron chi connectivity index (χ0n) is 9.66. The van der Waals surface area contributed by atoms with E-state index in [0.29, 0.717) is 5.92 Å². The van der Waals surface area contributed by atoms with Crippen LogP contribution < -0.4 is 0 Å². The van der Waals surface area contributed by atoms with Crippen molar-refractivity contribution in [1.82, 2.24) is 4.90 Å². The third kappa shape index (κ3) is 2.98. The van der Waals surface area contributed by atoms with Crippen LogP contribution in [0, 0.1) is 5.92 Å². The first kappa shape index (κ1) is 12.4. The van der Waals surface area contributed by atoms with Gasteiger partial charge in [-0.3, -0.25) is 4.79 Å². The number of likely N-dealkylation sites (tertiary alicyclic amines) is 1. The highest BCUT2D eigenvalue weighted by Gasteiger charge is 2.31. The van der Waals surface area contributed by atoms with E-state index in [1.165, 1.54) is 6.42 Å². The lowest BCUT2D eigenvalue weighted by Gasteiger charge is -2.26. The molecule has 0 radical (unpaired) electrons. The Labute approximate surface area is 106 Å². The fraction of sp³-hybridized carbons (Fsp3) is 0.917. The number of halogens is 1. The molecule has 2 fully saturated rings. The Balaban J connectivity index is 1.81. The van der Waals surface area contributed by atoms with Crippen LogP contribution in [0.25, 0.3) is 0 Å². The Bertz CT molecular complexity index is 241. The van der Waals surface area contributed by atoms with Crippen molar-refractivity contribution in [2.24, 2.45) is 5.92 Å². The molecule has 2 atom stereocenters. The molecule has 1 amide bonds. The zero-order chi connectivity index (χ0) is 11.4. The first-order valence-electron chi connectivity index (χ1n) is 6.27. The van der Waals surface area contributed by atoms with Gasteiger partial charge in [0.15, 0.2) is 0 Å². The van der Waals surface area contributed by atoms with E-state index in [1.807, 2.05) is 4.90 Å². The van der Waals surface area contributed by atoms with Crippen molar-refractivity contribution in [2.75, 3.05) is 25.0 Å². The first-order chi connectivity index (χ1) is 7.81. The van der Waals surface area contributed by atoms with Crippen molar-refractivity contribution in [1.29, 1.82) is 0 Å². The Morgan fingerprint density at radius 1 is 1.38 bits per heavy atom. The summed E-state index contributed by atoms with van der Waals surface area (Å²) < 4.78 is 5.55. The summed E-state index contributed by atoms with van der Waals surface area (Å²) in [7, 11) is 0. The second-order valence-corrected chi connectivity index (χ2v) is 5.56. The zero-order valence-corrected chi connectivity index (χ0v) is 11.2. The molecule has 16 heavy (non-hydrogen) atoms. The van der Waals surface area contributed by atoms with Gasteiger partial charge in [-0.05, 0) is 38.0 Å². The average Bonchev–Trinajstić information content (AvgIpc) is 2.78. The summed E-state index contributed by atoms with van der Waals surface area (Å²) in [5, 5.41) is 1.04. The molecule has 2 aliphatic rings. The largest absolute Gasteiger partial charge is 0.368 e. The quantitative estimate of drug-likeness (QED) is 0.746. The van der Waals surface area contributed by atoms with Crippen LogP contribution in [0.2, 0.25) is 0 Å². The maximum absolute atomic E-state index is 12.1. The minimum Gasteiger partial charge on any atom is -0.368 e. The molecule has 4 heteroatoms. The van der Waals surface area contributed by atoms with Crippen LogP contribution in [0.15, 0.2) is 0 Å². The molecule has 2 rings (SSSR count). The highest BCUT2D eigenvalue weighted by molar-refractivity contribution is 9.09. The van der Waals surface area contributed by atoms with Gasteiger partial charge in [-0.2, -0.15) is 0 Å². The lowest BCUT2D eigenvalue weighted by atomic mass is 10.1. The number of hydrogen-bond acceptors (Lipinski definition) is 2. The number of alkyl halides is 1. The predicted octanol–water partition coefficient (Wildman–Crippen LogP) is 2.19. The molecule has 92 valence electrons. The van der Waals surface area contributed by atoms with Gasteiger partial charge in [0.2, 0.25) is 0 Å². The summed E-state index contributed by atoms with van der Waals surface area (Å²) in [5.74, 6) is 0.920. The Kier molecular flexibility index (Phi) is 4.65. The summed E-state index contributed by atoms with van der Waals surface area (Å²) in [6, 6.07) is 0. The van der Waals surface area contributed by atoms with E-state index in [9.17, 15) is 4.79 Å². The molecule has 0 aromatic rings. The predicted molar refractivity (Wildman–Crippen MR) is 66.7 cm³/mol. The first-order valence-corrected chi connectivity index (χ1v) is 7.39. The number of hydrogen-bond donors (Lipinski definition) is 0. The second-order valence-electron chi connectivity index (χ2n) is 4.77. The molecule has 3 nitrogen and oxygen atoms in total. The number of carbonyl (C=O) groups is 1. The molecule has 0 spiro atoms. The molecule has 0 saturated carbocycles. The van der Waals surface area contributed by atoms with Crippen molar-refractivity contribution in [2.45, 2.75) is 38.2 Å². The number of amides is 1. The van der Waals surface area contributed by atoms with Crippen LogP contribution in [-0.4, -0.2) is 41.9 Å². The topological polar surface area (TPSA) is 29.5 Å². The molecule has 2 unspecified atom stereocenters. The summed E-state index contributed by atoms with van der Waals surface area (Å²) in [6.45, 7) is 2.62. The smallest absolute Gasteiger partial charge is 0.251 e. The van der Waals surface area contributed by atoms with E-state index in [1.54, 1.807) is 0 Å². The molecule has 0 aliphatic carbocycles. The molecule has 0 N–H and O–H groups in total. The molecule has 2 saturated heterocycles. The van der Waals surface area contributed by atoms with Crippen LogP contribution in [0.3, 0.4) is 0 Å². The number of rotatable bonds is 3. The van der Waals surface area contributed by atoms with Crippen molar-refractivity contribution in [3.8, 4) is 0 Å². The summed E-state index contributed by atoms with van der Waals surface area (Å²) in [4.78, 5) is 14.1. The molecular formula is C12H20BrNO2. The van der Waals surface area contributed by atoms with E-state index >= 15 is 0 Å². The van der Waals surface area contributed by atoms with Gasteiger partial charge in [0.1, 0.15) is 6.10 Å². The maximum Gasteiger partial charge on any atom is 0.251 e. The third-order valence-electron chi connectivity index (χ3n) is 3.57. The second kappa shape index (κ2) is 6.01. The monoisotopic (exact) mass is 289 g/mol. The summed E-state index contributed by atoms with van der Waals surface area (Å²) >= 11 is 3.46.